The molecule has 2 fully saturated rings. The Morgan fingerprint density at radius 3 is 2.42 bits per heavy atom. The predicted octanol–water partition coefficient (Wildman–Crippen LogP) is 5.99. The van der Waals surface area contributed by atoms with E-state index in [1.54, 1.807) is 6.07 Å². The number of nitrogens with zero attached hydrogens (tertiary/aromatic N) is 3. The second-order valence-corrected chi connectivity index (χ2v) is 12.2. The van der Waals surface area contributed by atoms with Crippen molar-refractivity contribution in [2.24, 2.45) is 0 Å². The number of benzene rings is 1. The summed E-state index contributed by atoms with van der Waals surface area (Å²) in [5.41, 5.74) is 0.593. The van der Waals surface area contributed by atoms with Crippen molar-refractivity contribution in [1.29, 1.82) is 0 Å². The Labute approximate surface area is 219 Å². The van der Waals surface area contributed by atoms with Gasteiger partial charge in [0.05, 0.1) is 11.2 Å². The minimum Gasteiger partial charge on any atom is -0.489 e. The lowest BCUT2D eigenvalue weighted by Crippen LogP contribution is -2.60. The van der Waals surface area contributed by atoms with Gasteiger partial charge in [0.1, 0.15) is 11.9 Å². The molecule has 0 aliphatic carbocycles. The van der Waals surface area contributed by atoms with Gasteiger partial charge in [0, 0.05) is 41.9 Å². The van der Waals surface area contributed by atoms with Crippen LogP contribution in [0.25, 0.3) is 0 Å². The van der Waals surface area contributed by atoms with Crippen LogP contribution in [0.15, 0.2) is 24.4 Å². The Hall–Kier alpha value is -2.16. The molecule has 3 heterocycles. The van der Waals surface area contributed by atoms with Gasteiger partial charge in [-0.1, -0.05) is 11.6 Å². The molecule has 198 valence electrons. The van der Waals surface area contributed by atoms with Gasteiger partial charge in [0.25, 0.3) is 0 Å². The van der Waals surface area contributed by atoms with Gasteiger partial charge >= 0.3 is 0 Å². The van der Waals surface area contributed by atoms with E-state index in [0.717, 1.165) is 38.8 Å². The number of hydrogen-bond acceptors (Lipinski definition) is 7. The Morgan fingerprint density at radius 1 is 1.14 bits per heavy atom. The van der Waals surface area contributed by atoms with E-state index in [2.05, 4.69) is 72.4 Å². The van der Waals surface area contributed by atoms with Crippen molar-refractivity contribution >= 4 is 29.1 Å². The van der Waals surface area contributed by atoms with Crippen molar-refractivity contribution in [3.05, 3.63) is 35.2 Å². The Balaban J connectivity index is 1.39. The molecule has 36 heavy (non-hydrogen) atoms. The molecule has 0 spiro atoms. The highest BCUT2D eigenvalue weighted by Gasteiger charge is 2.38. The fourth-order valence-corrected chi connectivity index (χ4v) is 5.86. The maximum atomic E-state index is 14.6. The van der Waals surface area contributed by atoms with Crippen LogP contribution < -0.4 is 20.7 Å². The van der Waals surface area contributed by atoms with Gasteiger partial charge in [0.15, 0.2) is 11.6 Å². The van der Waals surface area contributed by atoms with Crippen LogP contribution in [0.3, 0.4) is 0 Å². The molecular formula is C27H40ClFN6O. The number of rotatable bonds is 7. The molecule has 4 rings (SSSR count). The molecule has 0 unspecified atom stereocenters. The van der Waals surface area contributed by atoms with Crippen molar-refractivity contribution < 1.29 is 9.13 Å². The first-order valence-corrected chi connectivity index (χ1v) is 13.3. The number of aromatic nitrogens is 2. The summed E-state index contributed by atoms with van der Waals surface area (Å²) >= 11 is 6.54. The first-order valence-electron chi connectivity index (χ1n) is 12.9. The fourth-order valence-electron chi connectivity index (χ4n) is 5.64. The highest BCUT2D eigenvalue weighted by molar-refractivity contribution is 6.32. The van der Waals surface area contributed by atoms with Gasteiger partial charge in [-0.05, 0) is 85.4 Å². The summed E-state index contributed by atoms with van der Waals surface area (Å²) in [6.45, 7) is 15.2. The third-order valence-electron chi connectivity index (χ3n) is 6.96. The van der Waals surface area contributed by atoms with Crippen LogP contribution in [-0.4, -0.2) is 57.2 Å². The topological polar surface area (TPSA) is 74.3 Å². The maximum absolute atomic E-state index is 14.6. The lowest BCUT2D eigenvalue weighted by Gasteiger charge is -2.46. The summed E-state index contributed by atoms with van der Waals surface area (Å²) in [7, 11) is 0. The first kappa shape index (κ1) is 26.9. The molecule has 2 aromatic rings. The van der Waals surface area contributed by atoms with E-state index in [1.807, 2.05) is 12.1 Å². The quantitative estimate of drug-likeness (QED) is 0.416. The van der Waals surface area contributed by atoms with Gasteiger partial charge in [-0.2, -0.15) is 4.98 Å². The zero-order valence-electron chi connectivity index (χ0n) is 22.3. The molecule has 0 saturated carbocycles. The van der Waals surface area contributed by atoms with Crippen LogP contribution in [0.5, 0.6) is 5.75 Å². The zero-order chi connectivity index (χ0) is 26.1. The molecule has 0 bridgehead atoms. The number of piperidine rings is 2. The number of halogens is 2. The summed E-state index contributed by atoms with van der Waals surface area (Å²) in [4.78, 5) is 11.0. The second kappa shape index (κ2) is 10.7. The maximum Gasteiger partial charge on any atom is 0.229 e. The van der Waals surface area contributed by atoms with Gasteiger partial charge in [-0.25, -0.2) is 9.37 Å². The molecule has 2 saturated heterocycles. The normalized spacial score (nSPS) is 20.9. The molecule has 3 N–H and O–H groups in total. The SMILES string of the molecule is CC(C)N1CCC(Oc2ccc(Nc3ncc(F)c(NC4CC(C)(C)NC(C)(C)C4)n3)cc2Cl)CC1. The Morgan fingerprint density at radius 2 is 1.81 bits per heavy atom. The van der Waals surface area contributed by atoms with E-state index in [4.69, 9.17) is 16.3 Å². The molecular weight excluding hydrogens is 479 g/mol. The Kier molecular flexibility index (Phi) is 7.98. The van der Waals surface area contributed by atoms with E-state index >= 15 is 0 Å². The summed E-state index contributed by atoms with van der Waals surface area (Å²) in [5.74, 6) is 0.700. The van der Waals surface area contributed by atoms with Crippen molar-refractivity contribution in [1.82, 2.24) is 20.2 Å². The van der Waals surface area contributed by atoms with Crippen molar-refractivity contribution in [3.8, 4) is 5.75 Å². The van der Waals surface area contributed by atoms with E-state index in [9.17, 15) is 4.39 Å². The number of anilines is 3. The van der Waals surface area contributed by atoms with E-state index < -0.39 is 5.82 Å². The summed E-state index contributed by atoms with van der Waals surface area (Å²) < 4.78 is 20.8. The minimum absolute atomic E-state index is 0.0595. The summed E-state index contributed by atoms with van der Waals surface area (Å²) in [6.07, 6.45) is 5.04. The smallest absolute Gasteiger partial charge is 0.229 e. The van der Waals surface area contributed by atoms with Crippen LogP contribution in [0.1, 0.15) is 67.2 Å². The fraction of sp³-hybridized carbons (Fsp3) is 0.630. The monoisotopic (exact) mass is 518 g/mol. The zero-order valence-corrected chi connectivity index (χ0v) is 23.0. The van der Waals surface area contributed by atoms with Crippen molar-refractivity contribution in [3.63, 3.8) is 0 Å². The van der Waals surface area contributed by atoms with Crippen molar-refractivity contribution in [2.75, 3.05) is 23.7 Å². The lowest BCUT2D eigenvalue weighted by atomic mass is 9.79. The van der Waals surface area contributed by atoms with E-state index in [0.29, 0.717) is 28.4 Å². The van der Waals surface area contributed by atoms with Crippen LogP contribution in [0.2, 0.25) is 5.02 Å². The summed E-state index contributed by atoms with van der Waals surface area (Å²) in [6, 6.07) is 6.18. The third-order valence-corrected chi connectivity index (χ3v) is 7.26. The van der Waals surface area contributed by atoms with Crippen molar-refractivity contribution in [2.45, 2.75) is 96.5 Å². The molecule has 0 radical (unpaired) electrons. The molecule has 1 aromatic heterocycles. The third kappa shape index (κ3) is 6.99. The highest BCUT2D eigenvalue weighted by Crippen LogP contribution is 2.33. The predicted molar refractivity (Wildman–Crippen MR) is 145 cm³/mol. The van der Waals surface area contributed by atoms with Gasteiger partial charge in [0.2, 0.25) is 5.95 Å². The van der Waals surface area contributed by atoms with Gasteiger partial charge in [-0.3, -0.25) is 0 Å². The minimum atomic E-state index is -0.472. The highest BCUT2D eigenvalue weighted by atomic mass is 35.5. The number of nitrogens with one attached hydrogen (secondary N) is 3. The molecule has 2 aliphatic rings. The van der Waals surface area contributed by atoms with Gasteiger partial charge in [-0.15, -0.1) is 0 Å². The number of ether oxygens (including phenoxy) is 1. The molecule has 0 atom stereocenters. The van der Waals surface area contributed by atoms with E-state index in [1.165, 1.54) is 6.20 Å². The first-order chi connectivity index (χ1) is 16.9. The largest absolute Gasteiger partial charge is 0.489 e. The number of hydrogen-bond donors (Lipinski definition) is 3. The average Bonchev–Trinajstić information content (AvgIpc) is 2.76. The second-order valence-electron chi connectivity index (χ2n) is 11.7. The Bertz CT molecular complexity index is 1040. The molecule has 2 aliphatic heterocycles. The van der Waals surface area contributed by atoms with Crippen LogP contribution in [0, 0.1) is 5.82 Å². The molecule has 7 nitrogen and oxygen atoms in total. The number of likely N-dealkylation sites (tertiary alicyclic amines) is 1. The van der Waals surface area contributed by atoms with Gasteiger partial charge < -0.3 is 25.6 Å². The van der Waals surface area contributed by atoms with E-state index in [-0.39, 0.29) is 29.0 Å². The van der Waals surface area contributed by atoms with Crippen LogP contribution in [-0.2, 0) is 0 Å². The lowest BCUT2D eigenvalue weighted by molar-refractivity contribution is 0.0844. The molecule has 1 aromatic carbocycles. The van der Waals surface area contributed by atoms with Crippen LogP contribution in [0.4, 0.5) is 21.8 Å². The molecule has 9 heteroatoms. The summed E-state index contributed by atoms with van der Waals surface area (Å²) in [5, 5.41) is 10.6. The average molecular weight is 519 g/mol. The molecule has 0 amide bonds. The standard InChI is InChI=1S/C27H40ClFN6O/c1-17(2)35-11-9-20(10-12-35)36-23-8-7-18(13-21(23)28)32-25-30-16-22(29)24(33-25)31-19-14-26(3,4)34-27(5,6)15-19/h7-8,13,16-17,19-20,34H,9-12,14-15H2,1-6H3,(H2,30,31,32,33). The van der Waals surface area contributed by atoms with Crippen LogP contribution >= 0.6 is 11.6 Å².